The predicted molar refractivity (Wildman–Crippen MR) is 99.1 cm³/mol. The number of anilines is 1. The number of esters is 1. The number of likely N-dealkylation sites (N-methyl/N-ethyl adjacent to an activating group) is 1. The van der Waals surface area contributed by atoms with Crippen molar-refractivity contribution in [2.45, 2.75) is 17.9 Å². The fourth-order valence-electron chi connectivity index (χ4n) is 2.35. The summed E-state index contributed by atoms with van der Waals surface area (Å²) in [5, 5.41) is 5.09. The molecule has 0 bridgehead atoms. The first kappa shape index (κ1) is 20.4. The van der Waals surface area contributed by atoms with Gasteiger partial charge in [0.15, 0.2) is 6.10 Å². The van der Waals surface area contributed by atoms with Crippen molar-refractivity contribution in [3.05, 3.63) is 54.1 Å². The van der Waals surface area contributed by atoms with Crippen molar-refractivity contribution < 1.29 is 27.5 Å². The first-order valence-corrected chi connectivity index (χ1v) is 9.44. The lowest BCUT2D eigenvalue weighted by atomic mass is 10.2. The normalized spacial score (nSPS) is 12.1. The third kappa shape index (κ3) is 4.83. The Balaban J connectivity index is 2.22. The maximum atomic E-state index is 12.5. The summed E-state index contributed by atoms with van der Waals surface area (Å²) in [6.07, 6.45) is -1.11. The van der Waals surface area contributed by atoms with Crippen LogP contribution in [0.25, 0.3) is 0 Å². The quantitative estimate of drug-likeness (QED) is 0.746. The second-order valence-electron chi connectivity index (χ2n) is 5.69. The van der Waals surface area contributed by atoms with Gasteiger partial charge in [-0.25, -0.2) is 18.4 Å². The molecule has 0 aliphatic heterocycles. The Labute approximate surface area is 157 Å². The van der Waals surface area contributed by atoms with Crippen molar-refractivity contribution in [1.29, 1.82) is 0 Å². The molecular weight excluding hydrogens is 372 g/mol. The van der Waals surface area contributed by atoms with Crippen LogP contribution in [0.4, 0.5) is 5.69 Å². The van der Waals surface area contributed by atoms with E-state index in [2.05, 4.69) is 0 Å². The van der Waals surface area contributed by atoms with Gasteiger partial charge in [-0.2, -0.15) is 0 Å². The van der Waals surface area contributed by atoms with Gasteiger partial charge in [-0.15, -0.1) is 0 Å². The largest absolute Gasteiger partial charge is 0.496 e. The van der Waals surface area contributed by atoms with Gasteiger partial charge in [-0.05, 0) is 37.3 Å². The molecule has 0 saturated heterocycles. The number of rotatable bonds is 6. The summed E-state index contributed by atoms with van der Waals surface area (Å²) in [6.45, 7) is 1.43. The molecule has 0 fully saturated rings. The third-order valence-corrected chi connectivity index (χ3v) is 4.74. The number of carbonyl (C=O) groups is 2. The zero-order valence-electron chi connectivity index (χ0n) is 15.1. The highest BCUT2D eigenvalue weighted by Crippen LogP contribution is 2.23. The van der Waals surface area contributed by atoms with Crippen LogP contribution in [0.3, 0.4) is 0 Å². The highest BCUT2D eigenvalue weighted by atomic mass is 32.2. The molecule has 0 heterocycles. The number of methoxy groups -OCH3 is 1. The Morgan fingerprint density at radius 3 is 2.30 bits per heavy atom. The number of hydrogen-bond acceptors (Lipinski definition) is 6. The monoisotopic (exact) mass is 392 g/mol. The molecule has 2 aromatic rings. The molecule has 144 valence electrons. The average Bonchev–Trinajstić information content (AvgIpc) is 2.66. The summed E-state index contributed by atoms with van der Waals surface area (Å²) in [4.78, 5) is 26.1. The van der Waals surface area contributed by atoms with Crippen molar-refractivity contribution in [2.75, 3.05) is 19.1 Å². The summed E-state index contributed by atoms with van der Waals surface area (Å²) < 4.78 is 33.3. The summed E-state index contributed by atoms with van der Waals surface area (Å²) in [5.74, 6) is -1.25. The van der Waals surface area contributed by atoms with Gasteiger partial charge in [0.05, 0.1) is 12.0 Å². The number of benzene rings is 2. The Kier molecular flexibility index (Phi) is 6.19. The van der Waals surface area contributed by atoms with Crippen LogP contribution >= 0.6 is 0 Å². The van der Waals surface area contributed by atoms with Crippen LogP contribution < -0.4 is 14.8 Å². The van der Waals surface area contributed by atoms with Crippen molar-refractivity contribution in [3.8, 4) is 5.75 Å². The standard InChI is InChI=1S/C18H20N2O6S/c1-12(17(21)20(2)13-7-5-4-6-8-13)26-18(22)15-11-14(27(19,23)24)9-10-16(15)25-3/h4-12H,1-3H3,(H2,19,23,24)/t12-/m0/s1. The predicted octanol–water partition coefficient (Wildman–Crippen LogP) is 1.55. The molecule has 2 rings (SSSR count). The number of primary sulfonamides is 1. The van der Waals surface area contributed by atoms with Crippen LogP contribution in [-0.2, 0) is 19.6 Å². The van der Waals surface area contributed by atoms with E-state index in [4.69, 9.17) is 14.6 Å². The van der Waals surface area contributed by atoms with Crippen molar-refractivity contribution in [2.24, 2.45) is 5.14 Å². The molecule has 2 aromatic carbocycles. The van der Waals surface area contributed by atoms with Crippen LogP contribution in [0.1, 0.15) is 17.3 Å². The van der Waals surface area contributed by atoms with E-state index >= 15 is 0 Å². The molecular formula is C18H20N2O6S. The van der Waals surface area contributed by atoms with E-state index in [9.17, 15) is 18.0 Å². The van der Waals surface area contributed by atoms with Crippen molar-refractivity contribution in [3.63, 3.8) is 0 Å². The Morgan fingerprint density at radius 1 is 1.11 bits per heavy atom. The first-order valence-electron chi connectivity index (χ1n) is 7.89. The second-order valence-corrected chi connectivity index (χ2v) is 7.25. The number of carbonyl (C=O) groups excluding carboxylic acids is 2. The molecule has 0 spiro atoms. The number of para-hydroxylation sites is 1. The van der Waals surface area contributed by atoms with Crippen LogP contribution in [0.15, 0.2) is 53.4 Å². The molecule has 0 aliphatic rings. The van der Waals surface area contributed by atoms with Crippen LogP contribution in [0.2, 0.25) is 0 Å². The fraction of sp³-hybridized carbons (Fsp3) is 0.222. The Morgan fingerprint density at radius 2 is 1.74 bits per heavy atom. The van der Waals surface area contributed by atoms with Gasteiger partial charge in [0, 0.05) is 12.7 Å². The van der Waals surface area contributed by atoms with E-state index in [0.29, 0.717) is 5.69 Å². The zero-order chi connectivity index (χ0) is 20.2. The van der Waals surface area contributed by atoms with Gasteiger partial charge >= 0.3 is 5.97 Å². The number of nitrogens with zero attached hydrogens (tertiary/aromatic N) is 1. The zero-order valence-corrected chi connectivity index (χ0v) is 15.9. The molecule has 1 atom stereocenters. The lowest BCUT2D eigenvalue weighted by Crippen LogP contribution is -2.37. The minimum atomic E-state index is -4.02. The highest BCUT2D eigenvalue weighted by Gasteiger charge is 2.25. The number of sulfonamides is 1. The summed E-state index contributed by atoms with van der Waals surface area (Å²) >= 11 is 0. The lowest BCUT2D eigenvalue weighted by molar-refractivity contribution is -0.126. The molecule has 0 aromatic heterocycles. The number of amides is 1. The third-order valence-electron chi connectivity index (χ3n) is 3.83. The molecule has 9 heteroatoms. The molecule has 2 N–H and O–H groups in total. The van der Waals surface area contributed by atoms with E-state index in [1.54, 1.807) is 31.3 Å². The molecule has 0 radical (unpaired) electrons. The number of ether oxygens (including phenoxy) is 2. The van der Waals surface area contributed by atoms with Gasteiger partial charge in [0.25, 0.3) is 5.91 Å². The van der Waals surface area contributed by atoms with Crippen molar-refractivity contribution in [1.82, 2.24) is 0 Å². The van der Waals surface area contributed by atoms with E-state index in [1.165, 1.54) is 31.1 Å². The van der Waals surface area contributed by atoms with Crippen LogP contribution in [0.5, 0.6) is 5.75 Å². The van der Waals surface area contributed by atoms with E-state index < -0.39 is 28.0 Å². The molecule has 0 aliphatic carbocycles. The smallest absolute Gasteiger partial charge is 0.342 e. The maximum absolute atomic E-state index is 12.5. The fourth-order valence-corrected chi connectivity index (χ4v) is 2.89. The topological polar surface area (TPSA) is 116 Å². The van der Waals surface area contributed by atoms with Gasteiger partial charge in [-0.1, -0.05) is 18.2 Å². The first-order chi connectivity index (χ1) is 12.6. The van der Waals surface area contributed by atoms with Gasteiger partial charge in [-0.3, -0.25) is 4.79 Å². The van der Waals surface area contributed by atoms with E-state index in [0.717, 1.165) is 6.07 Å². The molecule has 1 amide bonds. The lowest BCUT2D eigenvalue weighted by Gasteiger charge is -2.22. The Hall–Kier alpha value is -2.91. The summed E-state index contributed by atoms with van der Waals surface area (Å²) in [6, 6.07) is 12.4. The Bertz CT molecular complexity index is 944. The van der Waals surface area contributed by atoms with Crippen molar-refractivity contribution >= 4 is 27.6 Å². The molecule has 0 saturated carbocycles. The molecule has 8 nitrogen and oxygen atoms in total. The van der Waals surface area contributed by atoms with Gasteiger partial charge in [0.2, 0.25) is 10.0 Å². The number of hydrogen-bond donors (Lipinski definition) is 1. The summed E-state index contributed by atoms with van der Waals surface area (Å²) in [7, 11) is -1.14. The average molecular weight is 392 g/mol. The summed E-state index contributed by atoms with van der Waals surface area (Å²) in [5.41, 5.74) is 0.491. The SMILES string of the molecule is COc1ccc(S(N)(=O)=O)cc1C(=O)O[C@@H](C)C(=O)N(C)c1ccccc1. The minimum Gasteiger partial charge on any atom is -0.496 e. The molecule has 27 heavy (non-hydrogen) atoms. The van der Waals surface area contributed by atoms with Gasteiger partial charge < -0.3 is 14.4 Å². The second kappa shape index (κ2) is 8.19. The van der Waals surface area contributed by atoms with Crippen LogP contribution in [0, 0.1) is 0 Å². The van der Waals surface area contributed by atoms with E-state index in [1.807, 2.05) is 6.07 Å². The van der Waals surface area contributed by atoms with Crippen LogP contribution in [-0.4, -0.2) is 40.6 Å². The maximum Gasteiger partial charge on any atom is 0.342 e. The van der Waals surface area contributed by atoms with E-state index in [-0.39, 0.29) is 16.2 Å². The molecule has 0 unspecified atom stereocenters. The van der Waals surface area contributed by atoms with Gasteiger partial charge in [0.1, 0.15) is 11.3 Å². The minimum absolute atomic E-state index is 0.100. The number of nitrogens with two attached hydrogens (primary N) is 1. The highest BCUT2D eigenvalue weighted by molar-refractivity contribution is 7.89.